The molecule has 0 spiro atoms. The van der Waals surface area contributed by atoms with E-state index in [-0.39, 0.29) is 0 Å². The van der Waals surface area contributed by atoms with Gasteiger partial charge in [-0.3, -0.25) is 9.59 Å². The van der Waals surface area contributed by atoms with Gasteiger partial charge in [0.15, 0.2) is 0 Å². The average Bonchev–Trinajstić information content (AvgIpc) is 3.29. The van der Waals surface area contributed by atoms with Crippen LogP contribution in [0.15, 0.2) is 91.1 Å². The Kier molecular flexibility index (Phi) is 8.38. The fourth-order valence-corrected chi connectivity index (χ4v) is 5.45. The van der Waals surface area contributed by atoms with E-state index in [0.717, 1.165) is 58.9 Å². The number of carbonyl (C=O) groups excluding carboxylic acids is 2. The van der Waals surface area contributed by atoms with Crippen LogP contribution in [-0.2, 0) is 4.79 Å². The molecule has 42 heavy (non-hydrogen) atoms. The summed E-state index contributed by atoms with van der Waals surface area (Å²) in [6, 6.07) is 27.3. The van der Waals surface area contributed by atoms with Gasteiger partial charge < -0.3 is 19.5 Å². The van der Waals surface area contributed by atoms with Crippen LogP contribution in [0.5, 0.6) is 0 Å². The maximum absolute atomic E-state index is 13.6. The monoisotopic (exact) mass is 559 g/mol. The predicted octanol–water partition coefficient (Wildman–Crippen LogP) is 6.71. The number of benzene rings is 2. The van der Waals surface area contributed by atoms with Crippen LogP contribution in [0.4, 0.5) is 17.2 Å². The van der Waals surface area contributed by atoms with E-state index >= 15 is 0 Å². The highest BCUT2D eigenvalue weighted by Gasteiger charge is 2.27. The Balaban J connectivity index is 1.24. The summed E-state index contributed by atoms with van der Waals surface area (Å²) >= 11 is 0. The number of anilines is 3. The second kappa shape index (κ2) is 12.3. The van der Waals surface area contributed by atoms with E-state index in [2.05, 4.69) is 53.3 Å². The lowest BCUT2D eigenvalue weighted by atomic mass is 9.99. The number of amides is 1. The SMILES string of the molecule is Cc1cc(C)nc(N(C)CCCN(C)c2ccc(NC(=O)C(=O)c3c(-c4ccccc4)c(C)c4ccccn34)cc2)c1. The van der Waals surface area contributed by atoms with Gasteiger partial charge in [-0.05, 0) is 92.4 Å². The summed E-state index contributed by atoms with van der Waals surface area (Å²) in [7, 11) is 4.12. The summed E-state index contributed by atoms with van der Waals surface area (Å²) < 4.78 is 1.81. The molecule has 0 aliphatic carbocycles. The number of ketones is 1. The first-order valence-electron chi connectivity index (χ1n) is 14.2. The van der Waals surface area contributed by atoms with E-state index in [1.54, 1.807) is 0 Å². The number of aryl methyl sites for hydroxylation is 3. The summed E-state index contributed by atoms with van der Waals surface area (Å²) in [6.45, 7) is 7.84. The molecule has 0 saturated heterocycles. The summed E-state index contributed by atoms with van der Waals surface area (Å²) in [5.74, 6) is -0.254. The number of rotatable bonds is 10. The van der Waals surface area contributed by atoms with Crippen LogP contribution in [0, 0.1) is 20.8 Å². The molecule has 214 valence electrons. The van der Waals surface area contributed by atoms with Crippen LogP contribution >= 0.6 is 0 Å². The van der Waals surface area contributed by atoms with Crippen molar-refractivity contribution in [3.63, 3.8) is 0 Å². The average molecular weight is 560 g/mol. The fourth-order valence-electron chi connectivity index (χ4n) is 5.45. The van der Waals surface area contributed by atoms with Crippen molar-refractivity contribution in [2.24, 2.45) is 0 Å². The van der Waals surface area contributed by atoms with E-state index in [4.69, 9.17) is 0 Å². The fraction of sp³-hybridized carbons (Fsp3) is 0.229. The zero-order valence-electron chi connectivity index (χ0n) is 24.9. The summed E-state index contributed by atoms with van der Waals surface area (Å²) in [4.78, 5) is 35.9. The number of hydrogen-bond donors (Lipinski definition) is 1. The highest BCUT2D eigenvalue weighted by molar-refractivity contribution is 6.47. The minimum atomic E-state index is -0.667. The number of pyridine rings is 2. The van der Waals surface area contributed by atoms with Gasteiger partial charge in [0.25, 0.3) is 11.7 Å². The van der Waals surface area contributed by atoms with Crippen LogP contribution in [0.1, 0.15) is 33.7 Å². The maximum atomic E-state index is 13.6. The Morgan fingerprint density at radius 2 is 1.52 bits per heavy atom. The molecule has 5 rings (SSSR count). The normalized spacial score (nSPS) is 11.0. The second-order valence-corrected chi connectivity index (χ2v) is 10.8. The van der Waals surface area contributed by atoms with Gasteiger partial charge in [-0.2, -0.15) is 0 Å². The first-order chi connectivity index (χ1) is 20.2. The largest absolute Gasteiger partial charge is 0.375 e. The zero-order chi connectivity index (χ0) is 29.8. The summed E-state index contributed by atoms with van der Waals surface area (Å²) in [5, 5.41) is 2.81. The molecular formula is C35H37N5O2. The van der Waals surface area contributed by atoms with Gasteiger partial charge >= 0.3 is 0 Å². The van der Waals surface area contributed by atoms with Crippen molar-refractivity contribution in [2.45, 2.75) is 27.2 Å². The molecular weight excluding hydrogens is 522 g/mol. The Hall–Kier alpha value is -4.91. The van der Waals surface area contributed by atoms with Crippen molar-refractivity contribution in [3.8, 4) is 11.1 Å². The molecule has 7 nitrogen and oxygen atoms in total. The molecule has 5 aromatic rings. The van der Waals surface area contributed by atoms with Crippen molar-refractivity contribution < 1.29 is 9.59 Å². The lowest BCUT2D eigenvalue weighted by Gasteiger charge is -2.23. The lowest BCUT2D eigenvalue weighted by Crippen LogP contribution is -2.26. The molecule has 0 bridgehead atoms. The van der Waals surface area contributed by atoms with Crippen molar-refractivity contribution >= 4 is 34.4 Å². The minimum absolute atomic E-state index is 0.365. The van der Waals surface area contributed by atoms with Crippen LogP contribution in [-0.4, -0.2) is 48.3 Å². The van der Waals surface area contributed by atoms with Gasteiger partial charge in [0.05, 0.1) is 0 Å². The first-order valence-corrected chi connectivity index (χ1v) is 14.2. The number of nitrogens with zero attached hydrogens (tertiary/aromatic N) is 4. The standard InChI is InChI=1S/C35H37N5O2/c1-24-22-25(2)36-31(23-24)39(5)20-11-19-38(4)29-17-15-28(16-18-29)37-35(42)34(41)33-32(27-12-7-6-8-13-27)26(3)30-14-9-10-21-40(30)33/h6-10,12-18,21-23H,11,19-20H2,1-5H3,(H,37,42). The molecule has 7 heteroatoms. The third-order valence-electron chi connectivity index (χ3n) is 7.61. The Bertz CT molecular complexity index is 1700. The number of carbonyl (C=O) groups is 2. The first kappa shape index (κ1) is 28.6. The van der Waals surface area contributed by atoms with E-state index < -0.39 is 11.7 Å². The highest BCUT2D eigenvalue weighted by Crippen LogP contribution is 2.33. The molecule has 0 fully saturated rings. The molecule has 3 aromatic heterocycles. The molecule has 0 radical (unpaired) electrons. The molecule has 0 aliphatic heterocycles. The Morgan fingerprint density at radius 1 is 0.833 bits per heavy atom. The Labute approximate surface area is 247 Å². The molecule has 3 heterocycles. The molecule has 0 saturated carbocycles. The van der Waals surface area contributed by atoms with Crippen molar-refractivity contribution in [3.05, 3.63) is 114 Å². The van der Waals surface area contributed by atoms with Gasteiger partial charge in [-0.15, -0.1) is 0 Å². The minimum Gasteiger partial charge on any atom is -0.375 e. The second-order valence-electron chi connectivity index (χ2n) is 10.8. The molecule has 1 N–H and O–H groups in total. The van der Waals surface area contributed by atoms with Crippen LogP contribution in [0.2, 0.25) is 0 Å². The van der Waals surface area contributed by atoms with Crippen LogP contribution in [0.25, 0.3) is 16.6 Å². The van der Waals surface area contributed by atoms with Crippen LogP contribution in [0.3, 0.4) is 0 Å². The van der Waals surface area contributed by atoms with Crippen molar-refractivity contribution in [1.82, 2.24) is 9.38 Å². The van der Waals surface area contributed by atoms with Gasteiger partial charge in [-0.1, -0.05) is 36.4 Å². The van der Waals surface area contributed by atoms with E-state index in [1.165, 1.54) is 5.56 Å². The van der Waals surface area contributed by atoms with Crippen LogP contribution < -0.4 is 15.1 Å². The summed E-state index contributed by atoms with van der Waals surface area (Å²) in [5.41, 5.74) is 7.75. The highest BCUT2D eigenvalue weighted by atomic mass is 16.2. The third kappa shape index (κ3) is 6.05. The summed E-state index contributed by atoms with van der Waals surface area (Å²) in [6.07, 6.45) is 2.79. The topological polar surface area (TPSA) is 70.0 Å². The van der Waals surface area contributed by atoms with E-state index in [9.17, 15) is 9.59 Å². The number of fused-ring (bicyclic) bond motifs is 1. The molecule has 2 aromatic carbocycles. The zero-order valence-corrected chi connectivity index (χ0v) is 24.9. The van der Waals surface area contributed by atoms with E-state index in [0.29, 0.717) is 11.4 Å². The number of Topliss-reactive ketones (excluding diaryl/α,β-unsaturated/α-hetero) is 1. The van der Waals surface area contributed by atoms with Crippen molar-refractivity contribution in [1.29, 1.82) is 0 Å². The maximum Gasteiger partial charge on any atom is 0.298 e. The third-order valence-corrected chi connectivity index (χ3v) is 7.61. The lowest BCUT2D eigenvalue weighted by molar-refractivity contribution is -0.112. The molecule has 1 amide bonds. The molecule has 0 aliphatic rings. The quantitative estimate of drug-likeness (QED) is 0.152. The molecule has 0 unspecified atom stereocenters. The van der Waals surface area contributed by atoms with Gasteiger partial charge in [0.1, 0.15) is 11.5 Å². The van der Waals surface area contributed by atoms with Crippen molar-refractivity contribution in [2.75, 3.05) is 42.3 Å². The van der Waals surface area contributed by atoms with Gasteiger partial charge in [0, 0.05) is 61.5 Å². The van der Waals surface area contributed by atoms with Gasteiger partial charge in [-0.25, -0.2) is 4.98 Å². The smallest absolute Gasteiger partial charge is 0.298 e. The Morgan fingerprint density at radius 3 is 2.24 bits per heavy atom. The predicted molar refractivity (Wildman–Crippen MR) is 172 cm³/mol. The number of nitrogens with one attached hydrogen (secondary N) is 1. The van der Waals surface area contributed by atoms with E-state index in [1.807, 2.05) is 97.2 Å². The number of aromatic nitrogens is 2. The van der Waals surface area contributed by atoms with Gasteiger partial charge in [0.2, 0.25) is 0 Å². The number of hydrogen-bond acceptors (Lipinski definition) is 5. The molecule has 0 atom stereocenters.